The van der Waals surface area contributed by atoms with Crippen molar-refractivity contribution in [3.05, 3.63) is 72.2 Å². The summed E-state index contributed by atoms with van der Waals surface area (Å²) in [5.41, 5.74) is 8.47. The summed E-state index contributed by atoms with van der Waals surface area (Å²) in [7, 11) is 1.93. The Morgan fingerprint density at radius 2 is 1.86 bits per heavy atom. The molecule has 8 heteroatoms. The average Bonchev–Trinajstić information content (AvgIpc) is 3.61. The molecule has 1 aliphatic heterocycles. The lowest BCUT2D eigenvalue weighted by Crippen LogP contribution is -2.26. The van der Waals surface area contributed by atoms with Crippen LogP contribution >= 0.6 is 0 Å². The van der Waals surface area contributed by atoms with Crippen molar-refractivity contribution in [2.75, 3.05) is 13.2 Å². The van der Waals surface area contributed by atoms with E-state index < -0.39 is 0 Å². The number of ether oxygens (including phenoxy) is 1. The van der Waals surface area contributed by atoms with Crippen molar-refractivity contribution < 1.29 is 4.74 Å². The summed E-state index contributed by atoms with van der Waals surface area (Å²) in [5.74, 6) is 0.448. The molecule has 8 nitrogen and oxygen atoms in total. The summed E-state index contributed by atoms with van der Waals surface area (Å²) >= 11 is 0. The first-order chi connectivity index (χ1) is 17.7. The van der Waals surface area contributed by atoms with E-state index >= 15 is 0 Å². The highest BCUT2D eigenvalue weighted by Crippen LogP contribution is 2.42. The van der Waals surface area contributed by atoms with Gasteiger partial charge in [-0.2, -0.15) is 5.10 Å². The van der Waals surface area contributed by atoms with Crippen LogP contribution < -0.4 is 0 Å². The van der Waals surface area contributed by atoms with Gasteiger partial charge in [0.2, 0.25) is 0 Å². The number of aromatic amines is 1. The minimum Gasteiger partial charge on any atom is -0.381 e. The summed E-state index contributed by atoms with van der Waals surface area (Å²) < 4.78 is 10.1. The van der Waals surface area contributed by atoms with Crippen molar-refractivity contribution >= 4 is 32.8 Å². The SMILES string of the molecule is Cc1nnn(C)c1-c1cnc2c3c4cn[nH]c4ccc3n(C(c3ccccc3)C3CCOCC3)c2c1. The summed E-state index contributed by atoms with van der Waals surface area (Å²) in [6, 6.07) is 17.6. The van der Waals surface area contributed by atoms with Gasteiger partial charge in [0.15, 0.2) is 0 Å². The minimum absolute atomic E-state index is 0.155. The number of aryl methyl sites for hydroxylation is 2. The molecule has 1 unspecified atom stereocenters. The van der Waals surface area contributed by atoms with Crippen LogP contribution in [0.3, 0.4) is 0 Å². The van der Waals surface area contributed by atoms with Crippen LogP contribution in [0.15, 0.2) is 60.9 Å². The first-order valence-corrected chi connectivity index (χ1v) is 12.5. The van der Waals surface area contributed by atoms with Gasteiger partial charge in [-0.1, -0.05) is 35.5 Å². The molecule has 2 aromatic carbocycles. The lowest BCUT2D eigenvalue weighted by Gasteiger charge is -2.33. The normalized spacial score (nSPS) is 15.8. The van der Waals surface area contributed by atoms with Crippen molar-refractivity contribution in [2.24, 2.45) is 13.0 Å². The van der Waals surface area contributed by atoms with E-state index in [9.17, 15) is 0 Å². The Balaban J connectivity index is 1.59. The number of benzene rings is 2. The first-order valence-electron chi connectivity index (χ1n) is 12.5. The molecule has 1 N–H and O–H groups in total. The molecule has 1 atom stereocenters. The molecule has 0 bridgehead atoms. The summed E-state index contributed by atoms with van der Waals surface area (Å²) in [5, 5.41) is 18.2. The Bertz CT molecular complexity index is 1690. The van der Waals surface area contributed by atoms with Crippen LogP contribution in [-0.4, -0.2) is 48.0 Å². The molecule has 7 rings (SSSR count). The average molecular weight is 478 g/mol. The monoisotopic (exact) mass is 477 g/mol. The van der Waals surface area contributed by atoms with E-state index in [-0.39, 0.29) is 6.04 Å². The van der Waals surface area contributed by atoms with E-state index in [1.165, 1.54) is 11.1 Å². The molecule has 4 aromatic heterocycles. The predicted octanol–water partition coefficient (Wildman–Crippen LogP) is 5.19. The van der Waals surface area contributed by atoms with Crippen molar-refractivity contribution in [3.63, 3.8) is 0 Å². The van der Waals surface area contributed by atoms with Gasteiger partial charge in [0.05, 0.1) is 45.7 Å². The molecule has 5 heterocycles. The Kier molecular flexibility index (Phi) is 4.89. The smallest absolute Gasteiger partial charge is 0.0967 e. The van der Waals surface area contributed by atoms with E-state index in [1.807, 2.05) is 31.0 Å². The molecule has 0 saturated carbocycles. The number of nitrogens with one attached hydrogen (secondary N) is 1. The Hall–Kier alpha value is -4.04. The molecule has 1 saturated heterocycles. The second-order valence-electron chi connectivity index (χ2n) is 9.71. The number of hydrogen-bond donors (Lipinski definition) is 1. The van der Waals surface area contributed by atoms with Crippen LogP contribution in [0.1, 0.15) is 30.1 Å². The topological polar surface area (TPSA) is 86.4 Å². The van der Waals surface area contributed by atoms with E-state index in [4.69, 9.17) is 9.72 Å². The van der Waals surface area contributed by atoms with Crippen molar-refractivity contribution in [3.8, 4) is 11.3 Å². The Labute approximate surface area is 207 Å². The summed E-state index contributed by atoms with van der Waals surface area (Å²) in [4.78, 5) is 5.06. The number of pyridine rings is 1. The quantitative estimate of drug-likeness (QED) is 0.378. The van der Waals surface area contributed by atoms with Gasteiger partial charge in [-0.25, -0.2) is 4.68 Å². The third-order valence-electron chi connectivity index (χ3n) is 7.63. The molecular weight excluding hydrogens is 450 g/mol. The van der Waals surface area contributed by atoms with Crippen molar-refractivity contribution in [1.29, 1.82) is 0 Å². The standard InChI is InChI=1S/C28H27N7O/c1-17-27(34(2)33-31-17)20-14-24-26(29-15-20)25-21-16-30-32-22(21)8-9-23(25)35(24)28(18-6-4-3-5-7-18)19-10-12-36-13-11-19/h3-9,14-16,19,28H,10-13H2,1-2H3,(H,30,32). The van der Waals surface area contributed by atoms with Crippen LogP contribution in [0.25, 0.3) is 44.1 Å². The summed E-state index contributed by atoms with van der Waals surface area (Å²) in [6.45, 7) is 3.58. The predicted molar refractivity (Wildman–Crippen MR) is 140 cm³/mol. The fraction of sp³-hybridized carbons (Fsp3) is 0.286. The number of aromatic nitrogens is 7. The highest BCUT2D eigenvalue weighted by Gasteiger charge is 2.30. The van der Waals surface area contributed by atoms with Crippen molar-refractivity contribution in [2.45, 2.75) is 25.8 Å². The second-order valence-corrected chi connectivity index (χ2v) is 9.71. The van der Waals surface area contributed by atoms with E-state index in [0.717, 1.165) is 70.3 Å². The number of fused-ring (bicyclic) bond motifs is 5. The molecule has 0 aliphatic carbocycles. The van der Waals surface area contributed by atoms with E-state index in [0.29, 0.717) is 5.92 Å². The third-order valence-corrected chi connectivity index (χ3v) is 7.63. The molecule has 180 valence electrons. The van der Waals surface area contributed by atoms with E-state index in [1.54, 1.807) is 0 Å². The lowest BCUT2D eigenvalue weighted by atomic mass is 9.86. The second kappa shape index (κ2) is 8.27. The van der Waals surface area contributed by atoms with Gasteiger partial charge in [0, 0.05) is 42.8 Å². The fourth-order valence-electron chi connectivity index (χ4n) is 6.01. The Morgan fingerprint density at radius 3 is 2.64 bits per heavy atom. The maximum absolute atomic E-state index is 5.77. The minimum atomic E-state index is 0.155. The molecule has 0 spiro atoms. The van der Waals surface area contributed by atoms with Gasteiger partial charge in [-0.05, 0) is 49.4 Å². The zero-order valence-corrected chi connectivity index (χ0v) is 20.3. The number of H-pyrrole nitrogens is 1. The lowest BCUT2D eigenvalue weighted by molar-refractivity contribution is 0.0553. The third kappa shape index (κ3) is 3.18. The maximum Gasteiger partial charge on any atom is 0.0967 e. The van der Waals surface area contributed by atoms with Gasteiger partial charge in [0.1, 0.15) is 0 Å². The molecule has 1 aliphatic rings. The molecule has 0 amide bonds. The van der Waals surface area contributed by atoms with Crippen LogP contribution in [-0.2, 0) is 11.8 Å². The highest BCUT2D eigenvalue weighted by molar-refractivity contribution is 6.19. The van der Waals surface area contributed by atoms with Gasteiger partial charge < -0.3 is 9.30 Å². The number of hydrogen-bond acceptors (Lipinski definition) is 5. The molecule has 6 aromatic rings. The fourth-order valence-corrected chi connectivity index (χ4v) is 6.01. The van der Waals surface area contributed by atoms with Gasteiger partial charge in [-0.3, -0.25) is 10.1 Å². The van der Waals surface area contributed by atoms with Gasteiger partial charge in [-0.15, -0.1) is 5.10 Å². The van der Waals surface area contributed by atoms with Crippen LogP contribution in [0.5, 0.6) is 0 Å². The molecule has 36 heavy (non-hydrogen) atoms. The first kappa shape index (κ1) is 21.3. The van der Waals surface area contributed by atoms with Crippen LogP contribution in [0, 0.1) is 12.8 Å². The van der Waals surface area contributed by atoms with Crippen LogP contribution in [0.4, 0.5) is 0 Å². The number of rotatable bonds is 4. The van der Waals surface area contributed by atoms with Gasteiger partial charge in [0.25, 0.3) is 0 Å². The largest absolute Gasteiger partial charge is 0.381 e. The van der Waals surface area contributed by atoms with Crippen LogP contribution in [0.2, 0.25) is 0 Å². The summed E-state index contributed by atoms with van der Waals surface area (Å²) in [6.07, 6.45) is 5.90. The molecular formula is C28H27N7O. The van der Waals surface area contributed by atoms with Crippen molar-refractivity contribution in [1.82, 2.24) is 34.7 Å². The molecule has 0 radical (unpaired) electrons. The maximum atomic E-state index is 5.77. The Morgan fingerprint density at radius 1 is 1.03 bits per heavy atom. The van der Waals surface area contributed by atoms with Gasteiger partial charge >= 0.3 is 0 Å². The van der Waals surface area contributed by atoms with E-state index in [2.05, 4.69) is 73.6 Å². The zero-order chi connectivity index (χ0) is 24.2. The molecule has 1 fully saturated rings. The zero-order valence-electron chi connectivity index (χ0n) is 20.3. The highest BCUT2D eigenvalue weighted by atomic mass is 16.5. The number of nitrogens with zero attached hydrogens (tertiary/aromatic N) is 6.